The van der Waals surface area contributed by atoms with E-state index < -0.39 is 10.4 Å². The van der Waals surface area contributed by atoms with Crippen LogP contribution in [-0.4, -0.2) is 64.1 Å². The van der Waals surface area contributed by atoms with Gasteiger partial charge in [0, 0.05) is 6.42 Å². The molecule has 0 heterocycles. The van der Waals surface area contributed by atoms with Gasteiger partial charge in [0.1, 0.15) is 0 Å². The summed E-state index contributed by atoms with van der Waals surface area (Å²) in [6, 6.07) is 0. The number of rotatable bonds is 0. The van der Waals surface area contributed by atoms with Crippen molar-refractivity contribution in [1.82, 2.24) is 0 Å². The second-order valence-corrected chi connectivity index (χ2v) is 9.95. The van der Waals surface area contributed by atoms with Crippen LogP contribution in [-0.2, 0) is 15.2 Å². The SMILES string of the molecule is C[C@]12CC[C@H]3[C@@H](CCC4=CC(=O)CC[C@@]43C)[C@@H]1CC[C@@H]2O.O=S(=O)(O)O.[NaH]. The average Bonchev–Trinajstić information content (AvgIpc) is 2.82. The molecule has 0 amide bonds. The third-order valence-corrected chi connectivity index (χ3v) is 7.91. The van der Waals surface area contributed by atoms with Gasteiger partial charge in [0.05, 0.1) is 6.10 Å². The van der Waals surface area contributed by atoms with Gasteiger partial charge in [-0.2, -0.15) is 8.42 Å². The molecule has 0 saturated heterocycles. The number of fused-ring (bicyclic) bond motifs is 5. The van der Waals surface area contributed by atoms with Gasteiger partial charge in [0.25, 0.3) is 0 Å². The van der Waals surface area contributed by atoms with Crippen molar-refractivity contribution < 1.29 is 27.4 Å². The number of aliphatic hydroxyl groups excluding tert-OH is 1. The zero-order chi connectivity index (χ0) is 19.3. The summed E-state index contributed by atoms with van der Waals surface area (Å²) < 4.78 is 31.6. The molecule has 3 N–H and O–H groups in total. The van der Waals surface area contributed by atoms with Crippen LogP contribution in [0.4, 0.5) is 0 Å². The van der Waals surface area contributed by atoms with E-state index in [4.69, 9.17) is 17.5 Å². The monoisotopic (exact) mass is 410 g/mol. The molecule has 0 spiro atoms. The van der Waals surface area contributed by atoms with E-state index >= 15 is 0 Å². The Morgan fingerprint density at radius 2 is 1.63 bits per heavy atom. The van der Waals surface area contributed by atoms with Gasteiger partial charge >= 0.3 is 40.0 Å². The van der Waals surface area contributed by atoms with E-state index in [2.05, 4.69) is 13.8 Å². The van der Waals surface area contributed by atoms with Gasteiger partial charge in [-0.1, -0.05) is 19.4 Å². The van der Waals surface area contributed by atoms with Crippen LogP contribution >= 0.6 is 0 Å². The van der Waals surface area contributed by atoms with Crippen molar-refractivity contribution in [3.05, 3.63) is 11.6 Å². The molecule has 27 heavy (non-hydrogen) atoms. The van der Waals surface area contributed by atoms with E-state index in [0.717, 1.165) is 37.5 Å². The summed E-state index contributed by atoms with van der Waals surface area (Å²) in [7, 11) is -4.67. The Kier molecular flexibility index (Phi) is 7.11. The van der Waals surface area contributed by atoms with Crippen molar-refractivity contribution in [3.8, 4) is 0 Å². The summed E-state index contributed by atoms with van der Waals surface area (Å²) >= 11 is 0. The summed E-state index contributed by atoms with van der Waals surface area (Å²) in [5, 5.41) is 10.4. The number of ketones is 1. The topological polar surface area (TPSA) is 112 Å². The summed E-state index contributed by atoms with van der Waals surface area (Å²) in [5.74, 6) is 2.57. The fourth-order valence-corrected chi connectivity index (χ4v) is 6.53. The van der Waals surface area contributed by atoms with Crippen molar-refractivity contribution in [2.24, 2.45) is 28.6 Å². The van der Waals surface area contributed by atoms with E-state index in [1.54, 1.807) is 0 Å². The van der Waals surface area contributed by atoms with E-state index in [1.807, 2.05) is 6.08 Å². The third kappa shape index (κ3) is 4.55. The van der Waals surface area contributed by atoms with E-state index in [0.29, 0.717) is 11.7 Å². The first kappa shape index (κ1) is 23.5. The van der Waals surface area contributed by atoms with Gasteiger partial charge < -0.3 is 5.11 Å². The zero-order valence-corrected chi connectivity index (χ0v) is 16.3. The maximum absolute atomic E-state index is 11.8. The van der Waals surface area contributed by atoms with Crippen LogP contribution in [0.15, 0.2) is 11.6 Å². The number of carbonyl (C=O) groups is 1. The Morgan fingerprint density at radius 1 is 1.00 bits per heavy atom. The molecule has 4 rings (SSSR count). The first-order valence-corrected chi connectivity index (χ1v) is 11.0. The molecule has 3 saturated carbocycles. The molecule has 4 aliphatic rings. The molecule has 0 unspecified atom stereocenters. The van der Waals surface area contributed by atoms with Crippen LogP contribution in [0.2, 0.25) is 0 Å². The standard InChI is InChI=1S/C19H28O2.Na.H2O4S.H/c1-18-9-7-13(20)11-12(18)3-4-14-15-5-6-17(21)19(15,2)10-8-16(14)18;;1-5(2,3)4;/h11,14-17,21H,3-10H2,1-2H3;;(H2,1,2,3,4);/t14-,15-,16-,17-,18-,19-;;;/m0.../s1. The number of aliphatic hydroxyl groups is 1. The third-order valence-electron chi connectivity index (χ3n) is 7.91. The molecule has 3 fully saturated rings. The van der Waals surface area contributed by atoms with Gasteiger partial charge in [-0.25, -0.2) is 0 Å². The summed E-state index contributed by atoms with van der Waals surface area (Å²) in [5.41, 5.74) is 1.89. The minimum absolute atomic E-state index is 0. The minimum atomic E-state index is -4.67. The van der Waals surface area contributed by atoms with E-state index in [1.165, 1.54) is 31.3 Å². The van der Waals surface area contributed by atoms with Crippen molar-refractivity contribution >= 4 is 45.7 Å². The first-order chi connectivity index (χ1) is 11.9. The van der Waals surface area contributed by atoms with Crippen LogP contribution in [0.25, 0.3) is 0 Å². The summed E-state index contributed by atoms with van der Waals surface area (Å²) in [6.07, 6.45) is 10.7. The molecule has 6 atom stereocenters. The molecule has 8 heteroatoms. The summed E-state index contributed by atoms with van der Waals surface area (Å²) in [6.45, 7) is 4.76. The van der Waals surface area contributed by atoms with Gasteiger partial charge in [-0.05, 0) is 79.6 Å². The fraction of sp³-hybridized carbons (Fsp3) is 0.842. The molecule has 0 aromatic rings. The molecular formula is C19H31NaO6S. The Hall–Kier alpha value is 0.240. The average molecular weight is 411 g/mol. The van der Waals surface area contributed by atoms with E-state index in [9.17, 15) is 9.90 Å². The Labute approximate surface area is 184 Å². The molecule has 150 valence electrons. The van der Waals surface area contributed by atoms with Crippen molar-refractivity contribution in [3.63, 3.8) is 0 Å². The Balaban J connectivity index is 0.000000390. The van der Waals surface area contributed by atoms with Crippen molar-refractivity contribution in [2.75, 3.05) is 0 Å². The molecule has 0 aromatic carbocycles. The zero-order valence-electron chi connectivity index (χ0n) is 15.5. The predicted octanol–water partition coefficient (Wildman–Crippen LogP) is 2.58. The molecular weight excluding hydrogens is 379 g/mol. The van der Waals surface area contributed by atoms with Crippen LogP contribution in [0.3, 0.4) is 0 Å². The molecule has 6 nitrogen and oxygen atoms in total. The molecule has 4 aliphatic carbocycles. The Morgan fingerprint density at radius 3 is 2.26 bits per heavy atom. The quantitative estimate of drug-likeness (QED) is 0.418. The normalized spacial score (nSPS) is 43.1. The first-order valence-electron chi connectivity index (χ1n) is 9.57. The van der Waals surface area contributed by atoms with Crippen LogP contribution in [0, 0.1) is 28.6 Å². The Bertz CT molecular complexity index is 712. The van der Waals surface area contributed by atoms with Crippen molar-refractivity contribution in [1.29, 1.82) is 0 Å². The van der Waals surface area contributed by atoms with Gasteiger partial charge in [-0.3, -0.25) is 13.9 Å². The number of hydrogen-bond donors (Lipinski definition) is 3. The fourth-order valence-electron chi connectivity index (χ4n) is 6.53. The van der Waals surface area contributed by atoms with Crippen LogP contribution < -0.4 is 0 Å². The van der Waals surface area contributed by atoms with Gasteiger partial charge in [-0.15, -0.1) is 0 Å². The molecule has 0 radical (unpaired) electrons. The number of hydrogen-bond acceptors (Lipinski definition) is 4. The van der Waals surface area contributed by atoms with Crippen LogP contribution in [0.1, 0.15) is 65.2 Å². The number of carbonyl (C=O) groups excluding carboxylic acids is 1. The summed E-state index contributed by atoms with van der Waals surface area (Å²) in [4.78, 5) is 11.8. The maximum atomic E-state index is 11.8. The molecule has 0 aliphatic heterocycles. The van der Waals surface area contributed by atoms with Gasteiger partial charge in [0.15, 0.2) is 5.78 Å². The second-order valence-electron chi connectivity index (χ2n) is 9.05. The van der Waals surface area contributed by atoms with Crippen LogP contribution in [0.5, 0.6) is 0 Å². The molecule has 0 bridgehead atoms. The predicted molar refractivity (Wildman–Crippen MR) is 104 cm³/mol. The second kappa shape index (κ2) is 8.17. The van der Waals surface area contributed by atoms with E-state index in [-0.39, 0.29) is 46.5 Å². The van der Waals surface area contributed by atoms with Crippen molar-refractivity contribution in [2.45, 2.75) is 71.3 Å². The van der Waals surface area contributed by atoms with Gasteiger partial charge in [0.2, 0.25) is 0 Å². The number of allylic oxidation sites excluding steroid dienone is 1. The molecule has 0 aromatic heterocycles.